The fraction of sp³-hybridized carbons (Fsp3) is 0.273. The summed E-state index contributed by atoms with van der Waals surface area (Å²) >= 11 is 1.42. The van der Waals surface area contributed by atoms with Crippen molar-refractivity contribution in [2.45, 2.75) is 29.1 Å². The maximum absolute atomic E-state index is 11.7. The molecule has 0 bridgehead atoms. The van der Waals surface area contributed by atoms with E-state index in [9.17, 15) is 8.42 Å². The number of nitrogens with one attached hydrogen (secondary N) is 2. The summed E-state index contributed by atoms with van der Waals surface area (Å²) in [4.78, 5) is 4.95. The zero-order valence-electron chi connectivity index (χ0n) is 10.5. The number of H-pyrrole nitrogens is 1. The van der Waals surface area contributed by atoms with Gasteiger partial charge in [0, 0.05) is 10.6 Å². The first-order valence-corrected chi connectivity index (χ1v) is 7.98. The van der Waals surface area contributed by atoms with Crippen LogP contribution < -0.4 is 4.72 Å². The Balaban J connectivity index is 2.07. The molecule has 2 rings (SSSR count). The number of nitrogens with zero attached hydrogens (tertiary/aromatic N) is 2. The number of hydrogen-bond donors (Lipinski definition) is 2. The van der Waals surface area contributed by atoms with E-state index in [0.717, 1.165) is 4.90 Å². The molecule has 0 amide bonds. The van der Waals surface area contributed by atoms with Gasteiger partial charge in [0.25, 0.3) is 0 Å². The smallest absolute Gasteiger partial charge is 0.235 e. The van der Waals surface area contributed by atoms with Crippen LogP contribution in [0.4, 0.5) is 5.69 Å². The maximum Gasteiger partial charge on any atom is 0.235 e. The first kappa shape index (κ1) is 13.9. The van der Waals surface area contributed by atoms with Crippen molar-refractivity contribution < 1.29 is 8.42 Å². The lowest BCUT2D eigenvalue weighted by molar-refractivity contribution is 0.593. The van der Waals surface area contributed by atoms with Crippen molar-refractivity contribution in [3.05, 3.63) is 30.6 Å². The summed E-state index contributed by atoms with van der Waals surface area (Å²) in [5.41, 5.74) is 0.551. The van der Waals surface area contributed by atoms with Gasteiger partial charge in [0.2, 0.25) is 10.0 Å². The molecule has 0 radical (unpaired) electrons. The predicted molar refractivity (Wildman–Crippen MR) is 74.6 cm³/mol. The van der Waals surface area contributed by atoms with Gasteiger partial charge in [-0.25, -0.2) is 13.4 Å². The first-order valence-electron chi connectivity index (χ1n) is 5.62. The Morgan fingerprint density at radius 3 is 2.47 bits per heavy atom. The Bertz CT molecular complexity index is 621. The number of rotatable bonds is 5. The molecular formula is C11H14N4O2S2. The molecule has 0 aliphatic carbocycles. The van der Waals surface area contributed by atoms with Crippen molar-refractivity contribution in [2.24, 2.45) is 0 Å². The minimum atomic E-state index is -3.30. The number of anilines is 1. The quantitative estimate of drug-likeness (QED) is 0.882. The molecule has 8 heteroatoms. The molecule has 1 heterocycles. The highest BCUT2D eigenvalue weighted by Gasteiger charge is 2.15. The zero-order chi connectivity index (χ0) is 13.9. The van der Waals surface area contributed by atoms with E-state index >= 15 is 0 Å². The highest BCUT2D eigenvalue weighted by atomic mass is 32.2. The summed E-state index contributed by atoms with van der Waals surface area (Å²) in [6, 6.07) is 7.09. The minimum absolute atomic E-state index is 0.462. The molecule has 0 saturated heterocycles. The molecule has 6 nitrogen and oxygen atoms in total. The van der Waals surface area contributed by atoms with Gasteiger partial charge < -0.3 is 0 Å². The second-order valence-corrected chi connectivity index (χ2v) is 7.41. The minimum Gasteiger partial charge on any atom is -0.283 e. The molecule has 0 spiro atoms. The summed E-state index contributed by atoms with van der Waals surface area (Å²) < 4.78 is 25.9. The summed E-state index contributed by atoms with van der Waals surface area (Å²) in [6.07, 6.45) is 1.44. The third-order valence-electron chi connectivity index (χ3n) is 2.34. The highest BCUT2D eigenvalue weighted by Crippen LogP contribution is 2.25. The van der Waals surface area contributed by atoms with Gasteiger partial charge in [0.05, 0.1) is 5.25 Å². The summed E-state index contributed by atoms with van der Waals surface area (Å²) in [6.45, 7) is 3.27. The SMILES string of the molecule is CC(C)S(=O)(=O)Nc1ccc(Sc2ncn[nH]2)cc1. The van der Waals surface area contributed by atoms with Gasteiger partial charge in [-0.3, -0.25) is 9.82 Å². The maximum atomic E-state index is 11.7. The van der Waals surface area contributed by atoms with Crippen molar-refractivity contribution >= 4 is 27.5 Å². The number of sulfonamides is 1. The molecule has 0 aliphatic heterocycles. The van der Waals surface area contributed by atoms with E-state index in [-0.39, 0.29) is 0 Å². The van der Waals surface area contributed by atoms with Crippen molar-refractivity contribution in [3.63, 3.8) is 0 Å². The van der Waals surface area contributed by atoms with Crippen molar-refractivity contribution in [1.29, 1.82) is 0 Å². The number of benzene rings is 1. The number of aromatic nitrogens is 3. The Labute approximate surface area is 116 Å². The van der Waals surface area contributed by atoms with Crippen LogP contribution in [-0.4, -0.2) is 28.8 Å². The summed E-state index contributed by atoms with van der Waals surface area (Å²) in [7, 11) is -3.30. The lowest BCUT2D eigenvalue weighted by Crippen LogP contribution is -2.22. The Morgan fingerprint density at radius 2 is 1.95 bits per heavy atom. The Hall–Kier alpha value is -1.54. The van der Waals surface area contributed by atoms with Crippen LogP contribution in [-0.2, 0) is 10.0 Å². The van der Waals surface area contributed by atoms with E-state index in [2.05, 4.69) is 19.9 Å². The van der Waals surface area contributed by atoms with Gasteiger partial charge in [0.15, 0.2) is 5.16 Å². The lowest BCUT2D eigenvalue weighted by Gasteiger charge is -2.10. The van der Waals surface area contributed by atoms with Crippen LogP contribution in [0.1, 0.15) is 13.8 Å². The molecule has 0 atom stereocenters. The van der Waals surface area contributed by atoms with Gasteiger partial charge >= 0.3 is 0 Å². The monoisotopic (exact) mass is 298 g/mol. The third-order valence-corrected chi connectivity index (χ3v) is 5.00. The summed E-state index contributed by atoms with van der Waals surface area (Å²) in [5, 5.41) is 6.73. The average Bonchev–Trinajstić information content (AvgIpc) is 2.84. The van der Waals surface area contributed by atoms with Crippen LogP contribution in [0.5, 0.6) is 0 Å². The van der Waals surface area contributed by atoms with Gasteiger partial charge in [-0.05, 0) is 38.1 Å². The molecule has 102 valence electrons. The molecule has 2 aromatic rings. The zero-order valence-corrected chi connectivity index (χ0v) is 12.1. The predicted octanol–water partition coefficient (Wildman–Crippen LogP) is 2.11. The van der Waals surface area contributed by atoms with Crippen LogP contribution in [0.3, 0.4) is 0 Å². The molecule has 0 fully saturated rings. The summed E-state index contributed by atoms with van der Waals surface area (Å²) in [5.74, 6) is 0. The molecular weight excluding hydrogens is 284 g/mol. The second kappa shape index (κ2) is 5.62. The Morgan fingerprint density at radius 1 is 1.26 bits per heavy atom. The first-order chi connectivity index (χ1) is 8.97. The van der Waals surface area contributed by atoms with Crippen LogP contribution in [0.2, 0.25) is 0 Å². The topological polar surface area (TPSA) is 87.7 Å². The highest BCUT2D eigenvalue weighted by molar-refractivity contribution is 7.99. The molecule has 0 aliphatic rings. The van der Waals surface area contributed by atoms with Gasteiger partial charge in [-0.1, -0.05) is 11.8 Å². The van der Waals surface area contributed by atoms with Crippen molar-refractivity contribution in [3.8, 4) is 0 Å². The van der Waals surface area contributed by atoms with E-state index in [1.165, 1.54) is 18.1 Å². The average molecular weight is 298 g/mol. The van der Waals surface area contributed by atoms with E-state index in [4.69, 9.17) is 0 Å². The third kappa shape index (κ3) is 3.71. The van der Waals surface area contributed by atoms with E-state index in [1.54, 1.807) is 26.0 Å². The molecule has 19 heavy (non-hydrogen) atoms. The van der Waals surface area contributed by atoms with Crippen LogP contribution >= 0.6 is 11.8 Å². The lowest BCUT2D eigenvalue weighted by atomic mass is 10.3. The van der Waals surface area contributed by atoms with Crippen molar-refractivity contribution in [1.82, 2.24) is 15.2 Å². The van der Waals surface area contributed by atoms with Crippen LogP contribution in [0.25, 0.3) is 0 Å². The van der Waals surface area contributed by atoms with E-state index in [0.29, 0.717) is 10.8 Å². The Kier molecular flexibility index (Phi) is 4.11. The van der Waals surface area contributed by atoms with Gasteiger partial charge in [-0.15, -0.1) is 0 Å². The normalized spacial score (nSPS) is 11.7. The standard InChI is InChI=1S/C11H14N4O2S2/c1-8(2)19(16,17)15-9-3-5-10(6-4-9)18-11-12-7-13-14-11/h3-8,15H,1-2H3,(H,12,13,14). The largest absolute Gasteiger partial charge is 0.283 e. The number of hydrogen-bond acceptors (Lipinski definition) is 5. The molecule has 1 aromatic carbocycles. The van der Waals surface area contributed by atoms with Crippen LogP contribution in [0.15, 0.2) is 40.6 Å². The molecule has 1 aromatic heterocycles. The molecule has 2 N–H and O–H groups in total. The number of aromatic amines is 1. The molecule has 0 unspecified atom stereocenters. The van der Waals surface area contributed by atoms with Gasteiger partial charge in [0.1, 0.15) is 6.33 Å². The second-order valence-electron chi connectivity index (χ2n) is 4.11. The van der Waals surface area contributed by atoms with Crippen molar-refractivity contribution in [2.75, 3.05) is 4.72 Å². The van der Waals surface area contributed by atoms with Crippen LogP contribution in [0, 0.1) is 0 Å². The van der Waals surface area contributed by atoms with E-state index < -0.39 is 15.3 Å². The molecule has 0 saturated carbocycles. The fourth-order valence-corrected chi connectivity index (χ4v) is 2.62. The fourth-order valence-electron chi connectivity index (χ4n) is 1.23. The van der Waals surface area contributed by atoms with Gasteiger partial charge in [-0.2, -0.15) is 5.10 Å². The van der Waals surface area contributed by atoms with E-state index in [1.807, 2.05) is 12.1 Å².